The molecule has 1 aliphatic heterocycles. The fourth-order valence-electron chi connectivity index (χ4n) is 2.97. The second kappa shape index (κ2) is 7.00. The van der Waals surface area contributed by atoms with E-state index in [-0.39, 0.29) is 5.91 Å². The number of hydrogen-bond acceptors (Lipinski definition) is 5. The Morgan fingerprint density at radius 2 is 1.88 bits per heavy atom. The summed E-state index contributed by atoms with van der Waals surface area (Å²) in [6.07, 6.45) is 0.840. The highest BCUT2D eigenvalue weighted by molar-refractivity contribution is 6.02. The third-order valence-corrected chi connectivity index (χ3v) is 4.18. The van der Waals surface area contributed by atoms with Crippen molar-refractivity contribution in [2.75, 3.05) is 47.6 Å². The summed E-state index contributed by atoms with van der Waals surface area (Å²) in [4.78, 5) is 17.8. The Bertz CT molecular complexity index is 732. The van der Waals surface area contributed by atoms with Gasteiger partial charge in [0.1, 0.15) is 11.4 Å². The van der Waals surface area contributed by atoms with Crippen molar-refractivity contribution in [2.24, 2.45) is 0 Å². The SMILES string of the molecule is COc1cc(OC)c2cc(C(=O)N3CCCOCC3)[nH]c2c1OC. The van der Waals surface area contributed by atoms with Gasteiger partial charge in [0, 0.05) is 31.1 Å². The lowest BCUT2D eigenvalue weighted by molar-refractivity contribution is 0.0736. The predicted molar refractivity (Wildman–Crippen MR) is 89.3 cm³/mol. The molecule has 7 heteroatoms. The molecule has 0 aliphatic carbocycles. The maximum Gasteiger partial charge on any atom is 0.270 e. The first kappa shape index (κ1) is 16.4. The Hall–Kier alpha value is -2.41. The van der Waals surface area contributed by atoms with Gasteiger partial charge in [-0.2, -0.15) is 0 Å². The number of rotatable bonds is 4. The molecule has 1 amide bonds. The van der Waals surface area contributed by atoms with Crippen LogP contribution in [0, 0.1) is 0 Å². The maximum atomic E-state index is 12.8. The summed E-state index contributed by atoms with van der Waals surface area (Å²) in [6.45, 7) is 2.53. The second-order valence-electron chi connectivity index (χ2n) is 5.54. The van der Waals surface area contributed by atoms with Gasteiger partial charge in [0.15, 0.2) is 11.5 Å². The first-order valence-corrected chi connectivity index (χ1v) is 7.88. The zero-order valence-corrected chi connectivity index (χ0v) is 14.2. The molecule has 3 rings (SSSR count). The predicted octanol–water partition coefficient (Wildman–Crippen LogP) is 2.06. The van der Waals surface area contributed by atoms with E-state index in [2.05, 4.69) is 4.98 Å². The lowest BCUT2D eigenvalue weighted by atomic mass is 10.2. The molecule has 0 saturated carbocycles. The van der Waals surface area contributed by atoms with Crippen LogP contribution in [0.15, 0.2) is 12.1 Å². The van der Waals surface area contributed by atoms with Gasteiger partial charge < -0.3 is 28.8 Å². The van der Waals surface area contributed by atoms with Gasteiger partial charge in [-0.15, -0.1) is 0 Å². The van der Waals surface area contributed by atoms with Crippen LogP contribution in [0.25, 0.3) is 10.9 Å². The van der Waals surface area contributed by atoms with Gasteiger partial charge in [-0.1, -0.05) is 0 Å². The average molecular weight is 334 g/mol. The zero-order chi connectivity index (χ0) is 17.1. The maximum absolute atomic E-state index is 12.8. The molecule has 1 fully saturated rings. The van der Waals surface area contributed by atoms with Gasteiger partial charge in [0.05, 0.1) is 33.5 Å². The van der Waals surface area contributed by atoms with Crippen LogP contribution in [0.3, 0.4) is 0 Å². The summed E-state index contributed by atoms with van der Waals surface area (Å²) >= 11 is 0. The van der Waals surface area contributed by atoms with Crippen LogP contribution in [0.1, 0.15) is 16.9 Å². The number of methoxy groups -OCH3 is 3. The van der Waals surface area contributed by atoms with E-state index in [4.69, 9.17) is 18.9 Å². The van der Waals surface area contributed by atoms with Gasteiger partial charge >= 0.3 is 0 Å². The van der Waals surface area contributed by atoms with Crippen LogP contribution in [0.4, 0.5) is 0 Å². The van der Waals surface area contributed by atoms with Crippen molar-refractivity contribution in [3.63, 3.8) is 0 Å². The van der Waals surface area contributed by atoms with Gasteiger partial charge in [-0.25, -0.2) is 0 Å². The molecule has 0 radical (unpaired) electrons. The Labute approximate surface area is 140 Å². The Balaban J connectivity index is 2.05. The van der Waals surface area contributed by atoms with E-state index in [0.29, 0.717) is 54.8 Å². The van der Waals surface area contributed by atoms with Gasteiger partial charge in [-0.3, -0.25) is 4.79 Å². The quantitative estimate of drug-likeness (QED) is 0.926. The number of benzene rings is 1. The molecule has 1 aromatic carbocycles. The fraction of sp³-hybridized carbons (Fsp3) is 0.471. The number of carbonyl (C=O) groups is 1. The monoisotopic (exact) mass is 334 g/mol. The summed E-state index contributed by atoms with van der Waals surface area (Å²) in [6, 6.07) is 3.55. The summed E-state index contributed by atoms with van der Waals surface area (Å²) in [5.74, 6) is 1.66. The average Bonchev–Trinajstić information content (AvgIpc) is 2.87. The van der Waals surface area contributed by atoms with Crippen molar-refractivity contribution >= 4 is 16.8 Å². The molecule has 1 aromatic heterocycles. The van der Waals surface area contributed by atoms with Crippen molar-refractivity contribution in [3.05, 3.63) is 17.8 Å². The van der Waals surface area contributed by atoms with Gasteiger partial charge in [0.2, 0.25) is 0 Å². The minimum absolute atomic E-state index is 0.0558. The summed E-state index contributed by atoms with van der Waals surface area (Å²) in [7, 11) is 4.72. The normalized spacial score (nSPS) is 15.2. The lowest BCUT2D eigenvalue weighted by Gasteiger charge is -2.18. The molecule has 0 spiro atoms. The number of ether oxygens (including phenoxy) is 4. The van der Waals surface area contributed by atoms with Crippen molar-refractivity contribution < 1.29 is 23.7 Å². The van der Waals surface area contributed by atoms with E-state index < -0.39 is 0 Å². The van der Waals surface area contributed by atoms with E-state index in [1.54, 1.807) is 38.4 Å². The molecular weight excluding hydrogens is 312 g/mol. The van der Waals surface area contributed by atoms with Gasteiger partial charge in [-0.05, 0) is 12.5 Å². The molecule has 24 heavy (non-hydrogen) atoms. The van der Waals surface area contributed by atoms with Crippen LogP contribution < -0.4 is 14.2 Å². The van der Waals surface area contributed by atoms with Crippen LogP contribution in [0.5, 0.6) is 17.2 Å². The molecule has 1 aliphatic rings. The van der Waals surface area contributed by atoms with Crippen LogP contribution in [-0.4, -0.2) is 63.4 Å². The molecular formula is C17H22N2O5. The van der Waals surface area contributed by atoms with E-state index in [1.807, 2.05) is 0 Å². The molecule has 130 valence electrons. The number of amides is 1. The summed E-state index contributed by atoms with van der Waals surface area (Å²) in [5, 5.41) is 0.782. The minimum Gasteiger partial charge on any atom is -0.496 e. The highest BCUT2D eigenvalue weighted by Gasteiger charge is 2.23. The zero-order valence-electron chi connectivity index (χ0n) is 14.2. The molecule has 0 atom stereocenters. The number of fused-ring (bicyclic) bond motifs is 1. The number of nitrogens with one attached hydrogen (secondary N) is 1. The van der Waals surface area contributed by atoms with Crippen molar-refractivity contribution in [1.29, 1.82) is 0 Å². The van der Waals surface area contributed by atoms with E-state index in [9.17, 15) is 4.79 Å². The topological polar surface area (TPSA) is 73.0 Å². The van der Waals surface area contributed by atoms with Crippen molar-refractivity contribution in [2.45, 2.75) is 6.42 Å². The Morgan fingerprint density at radius 1 is 1.08 bits per heavy atom. The fourth-order valence-corrected chi connectivity index (χ4v) is 2.97. The second-order valence-corrected chi connectivity index (χ2v) is 5.54. The lowest BCUT2D eigenvalue weighted by Crippen LogP contribution is -2.33. The first-order chi connectivity index (χ1) is 11.7. The Kier molecular flexibility index (Phi) is 4.80. The van der Waals surface area contributed by atoms with Crippen LogP contribution in [-0.2, 0) is 4.74 Å². The van der Waals surface area contributed by atoms with Gasteiger partial charge in [0.25, 0.3) is 5.91 Å². The van der Waals surface area contributed by atoms with E-state index in [1.165, 1.54) is 0 Å². The number of H-pyrrole nitrogens is 1. The molecule has 1 N–H and O–H groups in total. The van der Waals surface area contributed by atoms with Crippen molar-refractivity contribution in [3.8, 4) is 17.2 Å². The highest BCUT2D eigenvalue weighted by atomic mass is 16.5. The Morgan fingerprint density at radius 3 is 2.58 bits per heavy atom. The summed E-state index contributed by atoms with van der Waals surface area (Å²) in [5.41, 5.74) is 1.18. The minimum atomic E-state index is -0.0558. The largest absolute Gasteiger partial charge is 0.496 e. The smallest absolute Gasteiger partial charge is 0.270 e. The highest BCUT2D eigenvalue weighted by Crippen LogP contribution is 2.41. The molecule has 0 unspecified atom stereocenters. The van der Waals surface area contributed by atoms with Crippen molar-refractivity contribution in [1.82, 2.24) is 9.88 Å². The number of carbonyl (C=O) groups excluding carboxylic acids is 1. The first-order valence-electron chi connectivity index (χ1n) is 7.88. The van der Waals surface area contributed by atoms with E-state index in [0.717, 1.165) is 11.8 Å². The number of nitrogens with zero attached hydrogens (tertiary/aromatic N) is 1. The van der Waals surface area contributed by atoms with Crippen LogP contribution in [0.2, 0.25) is 0 Å². The molecule has 2 aromatic rings. The van der Waals surface area contributed by atoms with E-state index >= 15 is 0 Å². The summed E-state index contributed by atoms with van der Waals surface area (Å²) < 4.78 is 21.6. The molecule has 7 nitrogen and oxygen atoms in total. The molecule has 2 heterocycles. The third kappa shape index (κ3) is 2.87. The molecule has 1 saturated heterocycles. The molecule has 0 bridgehead atoms. The standard InChI is InChI=1S/C17H22N2O5/c1-21-13-10-14(22-2)16(23-3)15-11(13)9-12(18-15)17(20)19-5-4-7-24-8-6-19/h9-10,18H,4-8H2,1-3H3. The number of hydrogen-bond donors (Lipinski definition) is 1. The number of aromatic nitrogens is 1. The number of aromatic amines is 1. The van der Waals surface area contributed by atoms with Crippen LogP contribution >= 0.6 is 0 Å². The third-order valence-electron chi connectivity index (χ3n) is 4.18.